The molecule has 1 unspecified atom stereocenters. The number of esters is 1. The molecule has 0 radical (unpaired) electrons. The Morgan fingerprint density at radius 1 is 0.951 bits per heavy atom. The molecule has 4 N–H and O–H groups in total. The molecule has 1 atom stereocenters. The number of rotatable bonds is 16. The Labute approximate surface area is 236 Å². The predicted octanol–water partition coefficient (Wildman–Crippen LogP) is 7.26. The Balaban J connectivity index is 1.57. The minimum atomic E-state index is -4.55. The molecule has 11 heteroatoms. The van der Waals surface area contributed by atoms with Gasteiger partial charge < -0.3 is 25.4 Å². The lowest BCUT2D eigenvalue weighted by Gasteiger charge is -2.16. The fourth-order valence-corrected chi connectivity index (χ4v) is 4.36. The van der Waals surface area contributed by atoms with Gasteiger partial charge >= 0.3 is 12.1 Å². The van der Waals surface area contributed by atoms with Gasteiger partial charge in [-0.15, -0.1) is 0 Å². The van der Waals surface area contributed by atoms with E-state index in [0.717, 1.165) is 19.3 Å². The van der Waals surface area contributed by atoms with Crippen molar-refractivity contribution >= 4 is 16.9 Å². The van der Waals surface area contributed by atoms with E-state index in [2.05, 4.69) is 0 Å². The maximum absolute atomic E-state index is 14.2. The fourth-order valence-electron chi connectivity index (χ4n) is 4.36. The fraction of sp³-hybridized carbons (Fsp3) is 0.500. The molecule has 226 valence electrons. The van der Waals surface area contributed by atoms with Crippen LogP contribution in [0.1, 0.15) is 63.0 Å². The summed E-state index contributed by atoms with van der Waals surface area (Å²) in [5, 5.41) is 0.590. The van der Waals surface area contributed by atoms with Crippen LogP contribution in [0.5, 0.6) is 5.75 Å². The Bertz CT molecular complexity index is 1280. The molecule has 3 rings (SSSR count). The first-order valence-electron chi connectivity index (χ1n) is 13.8. The van der Waals surface area contributed by atoms with Crippen molar-refractivity contribution in [2.24, 2.45) is 11.5 Å². The van der Waals surface area contributed by atoms with E-state index in [1.54, 1.807) is 24.3 Å². The average molecular weight is 585 g/mol. The molecule has 0 saturated heterocycles. The zero-order valence-electron chi connectivity index (χ0n) is 23.1. The molecule has 41 heavy (non-hydrogen) atoms. The number of halogens is 5. The van der Waals surface area contributed by atoms with Crippen molar-refractivity contribution in [3.63, 3.8) is 0 Å². The number of nitrogens with two attached hydrogens (primary N) is 2. The van der Waals surface area contributed by atoms with Crippen LogP contribution in [0.4, 0.5) is 22.0 Å². The van der Waals surface area contributed by atoms with E-state index in [4.69, 9.17) is 25.4 Å². The van der Waals surface area contributed by atoms with Crippen molar-refractivity contribution in [3.05, 3.63) is 53.6 Å². The van der Waals surface area contributed by atoms with Crippen molar-refractivity contribution in [3.8, 4) is 17.1 Å². The second kappa shape index (κ2) is 14.6. The number of carbonyl (C=O) groups excluding carboxylic acids is 1. The van der Waals surface area contributed by atoms with Crippen LogP contribution in [0.15, 0.2) is 46.9 Å². The summed E-state index contributed by atoms with van der Waals surface area (Å²) in [4.78, 5) is 11.4. The summed E-state index contributed by atoms with van der Waals surface area (Å²) < 4.78 is 86.2. The molecule has 0 aliphatic rings. The number of hydrogen-bond donors (Lipinski definition) is 2. The number of hydrogen-bond acceptors (Lipinski definition) is 6. The molecule has 0 spiro atoms. The van der Waals surface area contributed by atoms with E-state index in [0.29, 0.717) is 28.7 Å². The molecule has 0 saturated carbocycles. The zero-order valence-corrected chi connectivity index (χ0v) is 23.1. The van der Waals surface area contributed by atoms with Crippen molar-refractivity contribution in [1.82, 2.24) is 0 Å². The molecule has 1 aromatic heterocycles. The van der Waals surface area contributed by atoms with Crippen molar-refractivity contribution in [2.75, 3.05) is 19.8 Å². The molecule has 0 bridgehead atoms. The highest BCUT2D eigenvalue weighted by atomic mass is 19.4. The molecule has 0 aliphatic heterocycles. The van der Waals surface area contributed by atoms with Gasteiger partial charge in [-0.1, -0.05) is 31.9 Å². The van der Waals surface area contributed by atoms with E-state index < -0.39 is 42.5 Å². The van der Waals surface area contributed by atoms with Gasteiger partial charge in [-0.25, -0.2) is 8.78 Å². The second-order valence-corrected chi connectivity index (χ2v) is 10.1. The highest BCUT2D eigenvalue weighted by Crippen LogP contribution is 2.40. The Morgan fingerprint density at radius 3 is 2.37 bits per heavy atom. The zero-order chi connectivity index (χ0) is 30.0. The molecule has 1 heterocycles. The number of unbranched alkanes of at least 4 members (excludes halogenated alkanes) is 2. The lowest BCUT2D eigenvalue weighted by Crippen LogP contribution is -2.39. The van der Waals surface area contributed by atoms with Gasteiger partial charge in [-0.3, -0.25) is 4.79 Å². The minimum absolute atomic E-state index is 0.00666. The Hall–Kier alpha value is -3.18. The van der Waals surface area contributed by atoms with E-state index in [1.807, 2.05) is 6.92 Å². The van der Waals surface area contributed by atoms with Gasteiger partial charge in [0.25, 0.3) is 0 Å². The quantitative estimate of drug-likeness (QED) is 0.104. The second-order valence-electron chi connectivity index (χ2n) is 10.1. The first-order valence-corrected chi connectivity index (χ1v) is 13.8. The van der Waals surface area contributed by atoms with Crippen molar-refractivity contribution < 1.29 is 40.6 Å². The van der Waals surface area contributed by atoms with Crippen molar-refractivity contribution in [1.29, 1.82) is 0 Å². The summed E-state index contributed by atoms with van der Waals surface area (Å²) in [6.07, 6.45) is -2.07. The lowest BCUT2D eigenvalue weighted by atomic mass is 9.98. The third kappa shape index (κ3) is 9.71. The molecule has 3 aromatic rings. The monoisotopic (exact) mass is 584 g/mol. The number of furan rings is 1. The first-order chi connectivity index (χ1) is 19.4. The molecule has 2 aromatic carbocycles. The topological polar surface area (TPSA) is 101 Å². The molecule has 0 amide bonds. The van der Waals surface area contributed by atoms with Crippen LogP contribution >= 0.6 is 0 Å². The van der Waals surface area contributed by atoms with Crippen LogP contribution in [0.3, 0.4) is 0 Å². The first kappa shape index (κ1) is 32.3. The lowest BCUT2D eigenvalue weighted by molar-refractivity contribution is -0.145. The summed E-state index contributed by atoms with van der Waals surface area (Å²) in [5.41, 5.74) is 10.8. The van der Waals surface area contributed by atoms with Crippen molar-refractivity contribution in [2.45, 2.75) is 76.4 Å². The number of alkyl halides is 5. The van der Waals surface area contributed by atoms with Gasteiger partial charge in [0.15, 0.2) is 0 Å². The number of benzene rings is 2. The van der Waals surface area contributed by atoms with Gasteiger partial charge in [0.1, 0.15) is 23.1 Å². The van der Waals surface area contributed by atoms with Crippen LogP contribution in [0.25, 0.3) is 22.3 Å². The molecular weight excluding hydrogens is 547 g/mol. The SMILES string of the molecule is CCCCCc1ccc(-c2cc3ccc(OCCCC(F)(F)CCCOC(=O)C(N)CN)cc3o2)c(C(F)(F)F)c1. The van der Waals surface area contributed by atoms with Gasteiger partial charge in [-0.05, 0) is 55.5 Å². The van der Waals surface area contributed by atoms with Gasteiger partial charge in [0.05, 0.1) is 18.8 Å². The standard InChI is InChI=1S/C30H37F5N2O4/c1-2-3-4-7-20-8-11-23(24(16-20)30(33,34)35)27-17-21-9-10-22(18-26(21)41-27)39-14-5-12-29(31,32)13-6-15-40-28(38)25(37)19-36/h8-11,16-18,25H,2-7,12-15,19,36-37H2,1H3. The highest BCUT2D eigenvalue weighted by molar-refractivity contribution is 5.84. The Kier molecular flexibility index (Phi) is 11.5. The third-order valence-corrected chi connectivity index (χ3v) is 6.66. The molecule has 6 nitrogen and oxygen atoms in total. The smallest absolute Gasteiger partial charge is 0.417 e. The highest BCUT2D eigenvalue weighted by Gasteiger charge is 2.35. The number of carbonyl (C=O) groups is 1. The van der Waals surface area contributed by atoms with Crippen LogP contribution in [-0.2, 0) is 22.1 Å². The minimum Gasteiger partial charge on any atom is -0.493 e. The summed E-state index contributed by atoms with van der Waals surface area (Å²) in [5.74, 6) is -3.25. The van der Waals surface area contributed by atoms with E-state index in [9.17, 15) is 26.7 Å². The average Bonchev–Trinajstić information content (AvgIpc) is 3.36. The van der Waals surface area contributed by atoms with E-state index in [1.165, 1.54) is 18.2 Å². The number of ether oxygens (including phenoxy) is 2. The van der Waals surface area contributed by atoms with E-state index >= 15 is 0 Å². The van der Waals surface area contributed by atoms with Crippen LogP contribution < -0.4 is 16.2 Å². The summed E-state index contributed by atoms with van der Waals surface area (Å²) in [6, 6.07) is 9.69. The van der Waals surface area contributed by atoms with E-state index in [-0.39, 0.29) is 43.9 Å². The Morgan fingerprint density at radius 2 is 1.68 bits per heavy atom. The van der Waals surface area contributed by atoms with Gasteiger partial charge in [0, 0.05) is 36.4 Å². The predicted molar refractivity (Wildman–Crippen MR) is 147 cm³/mol. The molecule has 0 fully saturated rings. The summed E-state index contributed by atoms with van der Waals surface area (Å²) in [7, 11) is 0. The number of fused-ring (bicyclic) bond motifs is 1. The maximum Gasteiger partial charge on any atom is 0.417 e. The van der Waals surface area contributed by atoms with Crippen LogP contribution in [0.2, 0.25) is 0 Å². The summed E-state index contributed by atoms with van der Waals surface area (Å²) in [6.45, 7) is 1.79. The maximum atomic E-state index is 14.2. The molecular formula is C30H37F5N2O4. The third-order valence-electron chi connectivity index (χ3n) is 6.66. The van der Waals surface area contributed by atoms with Crippen LogP contribution in [0, 0.1) is 0 Å². The van der Waals surface area contributed by atoms with Gasteiger partial charge in [-0.2, -0.15) is 13.2 Å². The number of aryl methyl sites for hydroxylation is 1. The normalized spacial score (nSPS) is 13.0. The summed E-state index contributed by atoms with van der Waals surface area (Å²) >= 11 is 0. The van der Waals surface area contributed by atoms with Gasteiger partial charge in [0.2, 0.25) is 5.92 Å². The largest absolute Gasteiger partial charge is 0.493 e. The molecule has 0 aliphatic carbocycles. The van der Waals surface area contributed by atoms with Crippen LogP contribution in [-0.4, -0.2) is 37.7 Å².